The summed E-state index contributed by atoms with van der Waals surface area (Å²) in [6, 6.07) is 13.2. The van der Waals surface area contributed by atoms with E-state index in [-0.39, 0.29) is 5.75 Å². The minimum atomic E-state index is 0.222. The summed E-state index contributed by atoms with van der Waals surface area (Å²) in [7, 11) is 0. The fraction of sp³-hybridized carbons (Fsp3) is 0. The molecule has 2 aromatic carbocycles. The van der Waals surface area contributed by atoms with Crippen LogP contribution < -0.4 is 0 Å². The van der Waals surface area contributed by atoms with E-state index in [2.05, 4.69) is 0 Å². The van der Waals surface area contributed by atoms with E-state index >= 15 is 0 Å². The first-order chi connectivity index (χ1) is 7.33. The van der Waals surface area contributed by atoms with E-state index in [1.165, 1.54) is 6.08 Å². The molecule has 1 N–H and O–H groups in total. The Morgan fingerprint density at radius 3 is 2.73 bits per heavy atom. The highest BCUT2D eigenvalue weighted by Crippen LogP contribution is 2.29. The highest BCUT2D eigenvalue weighted by Gasteiger charge is 2.02. The van der Waals surface area contributed by atoms with Crippen molar-refractivity contribution in [3.05, 3.63) is 48.0 Å². The van der Waals surface area contributed by atoms with E-state index in [0.29, 0.717) is 5.56 Å². The van der Waals surface area contributed by atoms with E-state index in [1.54, 1.807) is 12.1 Å². The molecule has 0 aromatic heterocycles. The van der Waals surface area contributed by atoms with Crippen molar-refractivity contribution in [1.82, 2.24) is 0 Å². The maximum absolute atomic E-state index is 9.92. The van der Waals surface area contributed by atoms with Gasteiger partial charge < -0.3 is 5.11 Å². The Labute approximate surface area is 87.7 Å². The normalized spacial score (nSPS) is 10.6. The summed E-state index contributed by atoms with van der Waals surface area (Å²) in [5, 5.41) is 20.1. The lowest BCUT2D eigenvalue weighted by molar-refractivity contribution is 0.480. The summed E-state index contributed by atoms with van der Waals surface area (Å²) in [6.45, 7) is 0. The highest BCUT2D eigenvalue weighted by molar-refractivity contribution is 5.91. The van der Waals surface area contributed by atoms with Crippen LogP contribution in [0.1, 0.15) is 5.56 Å². The van der Waals surface area contributed by atoms with Crippen molar-refractivity contribution in [3.8, 4) is 11.8 Å². The molecule has 2 heteroatoms. The molecule has 0 fully saturated rings. The van der Waals surface area contributed by atoms with Gasteiger partial charge in [-0.2, -0.15) is 5.26 Å². The molecule has 0 amide bonds. The predicted molar refractivity (Wildman–Crippen MR) is 60.3 cm³/mol. The van der Waals surface area contributed by atoms with Crippen LogP contribution in [-0.2, 0) is 0 Å². The minimum absolute atomic E-state index is 0.222. The van der Waals surface area contributed by atoms with Gasteiger partial charge >= 0.3 is 0 Å². The molecule has 72 valence electrons. The van der Waals surface area contributed by atoms with Crippen LogP contribution in [0.2, 0.25) is 0 Å². The van der Waals surface area contributed by atoms with Gasteiger partial charge in [-0.15, -0.1) is 0 Å². The van der Waals surface area contributed by atoms with Gasteiger partial charge in [-0.25, -0.2) is 0 Å². The summed E-state index contributed by atoms with van der Waals surface area (Å²) in [6.07, 6.45) is 2.95. The lowest BCUT2D eigenvalue weighted by Crippen LogP contribution is -1.78. The fourth-order valence-electron chi connectivity index (χ4n) is 1.53. The summed E-state index contributed by atoms with van der Waals surface area (Å²) < 4.78 is 0. The van der Waals surface area contributed by atoms with E-state index < -0.39 is 0 Å². The topological polar surface area (TPSA) is 44.0 Å². The Morgan fingerprint density at radius 1 is 1.13 bits per heavy atom. The van der Waals surface area contributed by atoms with Crippen LogP contribution in [-0.4, -0.2) is 5.11 Å². The quantitative estimate of drug-likeness (QED) is 0.710. The number of hydrogen-bond donors (Lipinski definition) is 1. The van der Waals surface area contributed by atoms with Crippen LogP contribution in [0.15, 0.2) is 42.5 Å². The molecule has 0 atom stereocenters. The number of aromatic hydroxyl groups is 1. The summed E-state index contributed by atoms with van der Waals surface area (Å²) in [4.78, 5) is 0. The molecule has 0 aliphatic carbocycles. The third kappa shape index (κ3) is 1.68. The van der Waals surface area contributed by atoms with Gasteiger partial charge in [-0.1, -0.05) is 36.4 Å². The largest absolute Gasteiger partial charge is 0.507 e. The first kappa shape index (κ1) is 9.29. The molecule has 0 spiro atoms. The van der Waals surface area contributed by atoms with Crippen molar-refractivity contribution in [2.45, 2.75) is 0 Å². The molecule has 0 radical (unpaired) electrons. The van der Waals surface area contributed by atoms with Crippen molar-refractivity contribution in [2.75, 3.05) is 0 Å². The summed E-state index contributed by atoms with van der Waals surface area (Å²) >= 11 is 0. The molecule has 15 heavy (non-hydrogen) atoms. The predicted octanol–water partition coefficient (Wildman–Crippen LogP) is 3.08. The maximum atomic E-state index is 9.92. The van der Waals surface area contributed by atoms with Gasteiger partial charge in [0.25, 0.3) is 0 Å². The number of allylic oxidation sites excluding steroid dienone is 1. The first-order valence-electron chi connectivity index (χ1n) is 4.60. The second-order valence-electron chi connectivity index (χ2n) is 3.19. The van der Waals surface area contributed by atoms with E-state index in [4.69, 9.17) is 5.26 Å². The van der Waals surface area contributed by atoms with Crippen LogP contribution in [0.3, 0.4) is 0 Å². The summed E-state index contributed by atoms with van der Waals surface area (Å²) in [5.41, 5.74) is 0.662. The standard InChI is InChI=1S/C13H9NO/c14-9-3-5-11-8-7-10-4-1-2-6-12(10)13(11)15/h1-8,15H. The SMILES string of the molecule is N#CC=Cc1ccc2ccccc2c1O. The van der Waals surface area contributed by atoms with E-state index in [0.717, 1.165) is 10.8 Å². The van der Waals surface area contributed by atoms with Crippen LogP contribution in [0.4, 0.5) is 0 Å². The molecule has 0 aliphatic heterocycles. The third-order valence-corrected chi connectivity index (χ3v) is 2.27. The number of hydrogen-bond acceptors (Lipinski definition) is 2. The molecule has 2 nitrogen and oxygen atoms in total. The lowest BCUT2D eigenvalue weighted by atomic mass is 10.1. The average Bonchev–Trinajstić information content (AvgIpc) is 2.29. The van der Waals surface area contributed by atoms with Crippen molar-refractivity contribution in [3.63, 3.8) is 0 Å². The zero-order chi connectivity index (χ0) is 10.7. The molecule has 0 aliphatic rings. The van der Waals surface area contributed by atoms with Gasteiger partial charge in [-0.05, 0) is 11.5 Å². The van der Waals surface area contributed by atoms with Crippen LogP contribution >= 0.6 is 0 Å². The molecule has 0 bridgehead atoms. The van der Waals surface area contributed by atoms with Gasteiger partial charge in [0, 0.05) is 17.0 Å². The number of phenolic OH excluding ortho intramolecular Hbond substituents is 1. The Hall–Kier alpha value is -2.27. The number of nitriles is 1. The van der Waals surface area contributed by atoms with Crippen LogP contribution in [0, 0.1) is 11.3 Å². The average molecular weight is 195 g/mol. The third-order valence-electron chi connectivity index (χ3n) is 2.27. The molecule has 0 heterocycles. The van der Waals surface area contributed by atoms with Gasteiger partial charge in [-0.3, -0.25) is 0 Å². The molecular formula is C13H9NO. The summed E-state index contributed by atoms with van der Waals surface area (Å²) in [5.74, 6) is 0.222. The smallest absolute Gasteiger partial charge is 0.130 e. The molecule has 0 unspecified atom stereocenters. The van der Waals surface area contributed by atoms with Gasteiger partial charge in [0.2, 0.25) is 0 Å². The van der Waals surface area contributed by atoms with Gasteiger partial charge in [0.15, 0.2) is 0 Å². The number of rotatable bonds is 1. The molecule has 2 rings (SSSR count). The Kier molecular flexibility index (Phi) is 2.38. The van der Waals surface area contributed by atoms with Crippen molar-refractivity contribution >= 4 is 16.8 Å². The van der Waals surface area contributed by atoms with Crippen LogP contribution in [0.25, 0.3) is 16.8 Å². The van der Waals surface area contributed by atoms with E-state index in [1.807, 2.05) is 36.4 Å². The second-order valence-corrected chi connectivity index (χ2v) is 3.19. The molecular weight excluding hydrogens is 186 g/mol. The zero-order valence-electron chi connectivity index (χ0n) is 8.01. The monoisotopic (exact) mass is 195 g/mol. The van der Waals surface area contributed by atoms with Crippen molar-refractivity contribution in [1.29, 1.82) is 5.26 Å². The molecule has 0 saturated carbocycles. The number of fused-ring (bicyclic) bond motifs is 1. The first-order valence-corrected chi connectivity index (χ1v) is 4.60. The Balaban J connectivity index is 2.66. The number of nitrogens with zero attached hydrogens (tertiary/aromatic N) is 1. The van der Waals surface area contributed by atoms with Crippen molar-refractivity contribution < 1.29 is 5.11 Å². The minimum Gasteiger partial charge on any atom is -0.507 e. The van der Waals surface area contributed by atoms with Gasteiger partial charge in [0.05, 0.1) is 6.07 Å². The number of benzene rings is 2. The highest BCUT2D eigenvalue weighted by atomic mass is 16.3. The second kappa shape index (κ2) is 3.85. The Morgan fingerprint density at radius 2 is 1.93 bits per heavy atom. The number of phenols is 1. The molecule has 2 aromatic rings. The van der Waals surface area contributed by atoms with Gasteiger partial charge in [0.1, 0.15) is 5.75 Å². The fourth-order valence-corrected chi connectivity index (χ4v) is 1.53. The zero-order valence-corrected chi connectivity index (χ0v) is 8.01. The molecule has 0 saturated heterocycles. The van der Waals surface area contributed by atoms with Crippen LogP contribution in [0.5, 0.6) is 5.75 Å². The lowest BCUT2D eigenvalue weighted by Gasteiger charge is -2.03. The Bertz CT molecular complexity index is 564. The van der Waals surface area contributed by atoms with Crippen molar-refractivity contribution in [2.24, 2.45) is 0 Å². The maximum Gasteiger partial charge on any atom is 0.130 e. The van der Waals surface area contributed by atoms with E-state index in [9.17, 15) is 5.11 Å².